The fourth-order valence-electron chi connectivity index (χ4n) is 1.20. The van der Waals surface area contributed by atoms with E-state index in [1.54, 1.807) is 11.3 Å². The molecule has 80 valence electrons. The first-order valence-electron chi connectivity index (χ1n) is 4.99. The van der Waals surface area contributed by atoms with Crippen molar-refractivity contribution in [3.63, 3.8) is 0 Å². The molecule has 1 atom stereocenters. The molecule has 1 N–H and O–H groups in total. The summed E-state index contributed by atoms with van der Waals surface area (Å²) in [6.07, 6.45) is 4.01. The lowest BCUT2D eigenvalue weighted by atomic mass is 10.2. The first-order chi connectivity index (χ1) is 6.86. The van der Waals surface area contributed by atoms with Crippen LogP contribution in [0.25, 0.3) is 0 Å². The van der Waals surface area contributed by atoms with Crippen LogP contribution < -0.4 is 5.32 Å². The van der Waals surface area contributed by atoms with Crippen molar-refractivity contribution in [2.45, 2.75) is 25.8 Å². The van der Waals surface area contributed by atoms with Crippen molar-refractivity contribution in [2.24, 2.45) is 0 Å². The predicted octanol–water partition coefficient (Wildman–Crippen LogP) is 1.70. The first kappa shape index (κ1) is 11.6. The van der Waals surface area contributed by atoms with Crippen molar-refractivity contribution in [3.05, 3.63) is 16.6 Å². The summed E-state index contributed by atoms with van der Waals surface area (Å²) in [6, 6.07) is 0.405. The minimum atomic E-state index is 0.405. The lowest BCUT2D eigenvalue weighted by Crippen LogP contribution is -2.32. The predicted molar refractivity (Wildman–Crippen MR) is 59.8 cm³/mol. The lowest BCUT2D eigenvalue weighted by molar-refractivity contribution is 0.114. The first-order valence-corrected chi connectivity index (χ1v) is 5.87. The summed E-state index contributed by atoms with van der Waals surface area (Å²) in [5, 5.41) is 3.25. The number of ether oxygens (including phenoxy) is 1. The van der Waals surface area contributed by atoms with Crippen LogP contribution >= 0.6 is 11.3 Å². The number of likely N-dealkylation sites (N-methyl/N-ethyl adjacent to an activating group) is 1. The van der Waals surface area contributed by atoms with Crippen LogP contribution in [0, 0.1) is 0 Å². The third-order valence-corrected chi connectivity index (χ3v) is 2.81. The second kappa shape index (κ2) is 6.92. The summed E-state index contributed by atoms with van der Waals surface area (Å²) in [7, 11) is 1.97. The average molecular weight is 214 g/mol. The molecule has 0 aromatic carbocycles. The van der Waals surface area contributed by atoms with E-state index < -0.39 is 0 Å². The van der Waals surface area contributed by atoms with E-state index in [1.165, 1.54) is 4.88 Å². The van der Waals surface area contributed by atoms with Gasteiger partial charge in [0.2, 0.25) is 0 Å². The SMILES string of the molecule is CCCOCC(Cc1cncs1)NC. The Hall–Kier alpha value is -0.450. The summed E-state index contributed by atoms with van der Waals surface area (Å²) in [6.45, 7) is 3.75. The molecule has 0 fully saturated rings. The largest absolute Gasteiger partial charge is 0.380 e. The molecule has 0 saturated carbocycles. The zero-order valence-electron chi connectivity index (χ0n) is 8.82. The molecule has 14 heavy (non-hydrogen) atoms. The van der Waals surface area contributed by atoms with Crippen molar-refractivity contribution in [3.8, 4) is 0 Å². The maximum atomic E-state index is 5.51. The zero-order valence-corrected chi connectivity index (χ0v) is 9.64. The number of hydrogen-bond donors (Lipinski definition) is 1. The lowest BCUT2D eigenvalue weighted by Gasteiger charge is -2.14. The maximum Gasteiger partial charge on any atom is 0.0794 e. The number of nitrogens with one attached hydrogen (secondary N) is 1. The number of hydrogen-bond acceptors (Lipinski definition) is 4. The molecule has 0 saturated heterocycles. The fraction of sp³-hybridized carbons (Fsp3) is 0.700. The van der Waals surface area contributed by atoms with Crippen molar-refractivity contribution < 1.29 is 4.74 Å². The Balaban J connectivity index is 2.24. The van der Waals surface area contributed by atoms with Gasteiger partial charge in [-0.1, -0.05) is 6.92 Å². The molecular weight excluding hydrogens is 196 g/mol. The van der Waals surface area contributed by atoms with E-state index in [1.807, 2.05) is 18.8 Å². The van der Waals surface area contributed by atoms with Gasteiger partial charge in [0.15, 0.2) is 0 Å². The summed E-state index contributed by atoms with van der Waals surface area (Å²) < 4.78 is 5.51. The molecule has 1 aromatic heterocycles. The highest BCUT2D eigenvalue weighted by molar-refractivity contribution is 7.09. The average Bonchev–Trinajstić information content (AvgIpc) is 2.69. The molecule has 1 unspecified atom stereocenters. The zero-order chi connectivity index (χ0) is 10.2. The van der Waals surface area contributed by atoms with Gasteiger partial charge in [0.05, 0.1) is 12.1 Å². The normalized spacial score (nSPS) is 13.0. The van der Waals surface area contributed by atoms with E-state index in [0.29, 0.717) is 6.04 Å². The van der Waals surface area contributed by atoms with Gasteiger partial charge >= 0.3 is 0 Å². The van der Waals surface area contributed by atoms with Gasteiger partial charge in [0, 0.05) is 30.1 Å². The second-order valence-corrected chi connectivity index (χ2v) is 4.20. The van der Waals surface area contributed by atoms with Crippen LogP contribution in [-0.4, -0.2) is 31.3 Å². The van der Waals surface area contributed by atoms with Gasteiger partial charge in [0.25, 0.3) is 0 Å². The highest BCUT2D eigenvalue weighted by Gasteiger charge is 2.07. The number of rotatable bonds is 7. The second-order valence-electron chi connectivity index (χ2n) is 3.23. The van der Waals surface area contributed by atoms with E-state index in [9.17, 15) is 0 Å². The van der Waals surface area contributed by atoms with E-state index in [-0.39, 0.29) is 0 Å². The van der Waals surface area contributed by atoms with Gasteiger partial charge < -0.3 is 10.1 Å². The Morgan fingerprint density at radius 3 is 3.07 bits per heavy atom. The van der Waals surface area contributed by atoms with Crippen LogP contribution in [0.15, 0.2) is 11.7 Å². The molecule has 1 aromatic rings. The molecular formula is C10H18N2OS. The van der Waals surface area contributed by atoms with Crippen molar-refractivity contribution >= 4 is 11.3 Å². The summed E-state index contributed by atoms with van der Waals surface area (Å²) in [5.74, 6) is 0. The molecule has 0 aliphatic carbocycles. The van der Waals surface area contributed by atoms with Crippen LogP contribution in [0.3, 0.4) is 0 Å². The monoisotopic (exact) mass is 214 g/mol. The highest BCUT2D eigenvalue weighted by atomic mass is 32.1. The molecule has 1 heterocycles. The van der Waals surface area contributed by atoms with Crippen LogP contribution in [0.4, 0.5) is 0 Å². The summed E-state index contributed by atoms with van der Waals surface area (Å²) in [5.41, 5.74) is 1.87. The van der Waals surface area contributed by atoms with Gasteiger partial charge in [-0.15, -0.1) is 11.3 Å². The molecule has 0 amide bonds. The van der Waals surface area contributed by atoms with Crippen molar-refractivity contribution in [1.29, 1.82) is 0 Å². The van der Waals surface area contributed by atoms with Crippen LogP contribution in [0.1, 0.15) is 18.2 Å². The number of thiazole rings is 1. The minimum absolute atomic E-state index is 0.405. The van der Waals surface area contributed by atoms with Crippen LogP contribution in [0.5, 0.6) is 0 Å². The van der Waals surface area contributed by atoms with Gasteiger partial charge in [-0.25, -0.2) is 0 Å². The van der Waals surface area contributed by atoms with Crippen LogP contribution in [0.2, 0.25) is 0 Å². The van der Waals surface area contributed by atoms with E-state index >= 15 is 0 Å². The van der Waals surface area contributed by atoms with Gasteiger partial charge in [-0.2, -0.15) is 0 Å². The van der Waals surface area contributed by atoms with Crippen molar-refractivity contribution in [1.82, 2.24) is 10.3 Å². The molecule has 3 nitrogen and oxygen atoms in total. The molecule has 1 rings (SSSR count). The molecule has 4 heteroatoms. The van der Waals surface area contributed by atoms with E-state index in [0.717, 1.165) is 26.1 Å². The third kappa shape index (κ3) is 4.17. The Morgan fingerprint density at radius 2 is 2.50 bits per heavy atom. The summed E-state index contributed by atoms with van der Waals surface area (Å²) >= 11 is 1.70. The topological polar surface area (TPSA) is 34.1 Å². The molecule has 0 aliphatic rings. The smallest absolute Gasteiger partial charge is 0.0794 e. The number of aromatic nitrogens is 1. The maximum absolute atomic E-state index is 5.51. The minimum Gasteiger partial charge on any atom is -0.380 e. The Bertz CT molecular complexity index is 226. The van der Waals surface area contributed by atoms with Gasteiger partial charge in [-0.05, 0) is 13.5 Å². The standard InChI is InChI=1S/C10H18N2OS/c1-3-4-13-7-9(11-2)5-10-6-12-8-14-10/h6,8-9,11H,3-5,7H2,1-2H3. The Kier molecular flexibility index (Phi) is 5.75. The third-order valence-electron chi connectivity index (χ3n) is 2.01. The molecule has 0 spiro atoms. The fourth-order valence-corrected chi connectivity index (χ4v) is 1.88. The van der Waals surface area contributed by atoms with E-state index in [4.69, 9.17) is 4.74 Å². The number of nitrogens with zero attached hydrogens (tertiary/aromatic N) is 1. The molecule has 0 bridgehead atoms. The summed E-state index contributed by atoms with van der Waals surface area (Å²) in [4.78, 5) is 5.37. The van der Waals surface area contributed by atoms with Crippen molar-refractivity contribution in [2.75, 3.05) is 20.3 Å². The highest BCUT2D eigenvalue weighted by Crippen LogP contribution is 2.08. The quantitative estimate of drug-likeness (QED) is 0.702. The van der Waals surface area contributed by atoms with Gasteiger partial charge in [-0.3, -0.25) is 4.98 Å². The van der Waals surface area contributed by atoms with Gasteiger partial charge in [0.1, 0.15) is 0 Å². The Labute approximate surface area is 89.5 Å². The molecule has 0 radical (unpaired) electrons. The Morgan fingerprint density at radius 1 is 1.64 bits per heavy atom. The van der Waals surface area contributed by atoms with Crippen LogP contribution in [-0.2, 0) is 11.2 Å². The molecule has 0 aliphatic heterocycles. The van der Waals surface area contributed by atoms with E-state index in [2.05, 4.69) is 17.2 Å².